The Hall–Kier alpha value is -3.20. The van der Waals surface area contributed by atoms with Crippen molar-refractivity contribution in [1.29, 1.82) is 0 Å². The second-order valence-corrected chi connectivity index (χ2v) is 9.30. The molecule has 1 aliphatic heterocycles. The van der Waals surface area contributed by atoms with Crippen LogP contribution in [-0.2, 0) is 14.8 Å². The molecule has 3 aromatic carbocycles. The maximum absolute atomic E-state index is 13.1. The second kappa shape index (κ2) is 9.52. The van der Waals surface area contributed by atoms with Crippen molar-refractivity contribution in [2.75, 3.05) is 31.6 Å². The highest BCUT2D eigenvalue weighted by Crippen LogP contribution is 2.33. The zero-order valence-electron chi connectivity index (χ0n) is 17.7. The van der Waals surface area contributed by atoms with Crippen LogP contribution in [0.15, 0.2) is 77.7 Å². The van der Waals surface area contributed by atoms with Gasteiger partial charge in [-0.3, -0.25) is 4.79 Å². The predicted molar refractivity (Wildman–Crippen MR) is 122 cm³/mol. The number of morpholine rings is 1. The fourth-order valence-corrected chi connectivity index (χ4v) is 4.86. The summed E-state index contributed by atoms with van der Waals surface area (Å²) in [5.41, 5.74) is 1.59. The van der Waals surface area contributed by atoms with Gasteiger partial charge in [0, 0.05) is 18.7 Å². The first-order valence-electron chi connectivity index (χ1n) is 10.3. The lowest BCUT2D eigenvalue weighted by molar-refractivity contribution is 0.0730. The van der Waals surface area contributed by atoms with Crippen molar-refractivity contribution in [3.63, 3.8) is 0 Å². The molecule has 0 aromatic heterocycles. The molecule has 4 rings (SSSR count). The largest absolute Gasteiger partial charge is 0.455 e. The summed E-state index contributed by atoms with van der Waals surface area (Å²) in [7, 11) is -3.74. The molecule has 7 nitrogen and oxygen atoms in total. The van der Waals surface area contributed by atoms with Crippen LogP contribution in [0.3, 0.4) is 0 Å². The predicted octanol–water partition coefficient (Wildman–Crippen LogP) is 4.06. The summed E-state index contributed by atoms with van der Waals surface area (Å²) in [6.07, 6.45) is 0. The average molecular weight is 453 g/mol. The number of rotatable bonds is 6. The molecule has 1 amide bonds. The first-order valence-corrected chi connectivity index (χ1v) is 11.7. The summed E-state index contributed by atoms with van der Waals surface area (Å²) in [5.74, 6) is 0.573. The Morgan fingerprint density at radius 2 is 1.66 bits per heavy atom. The molecule has 0 spiro atoms. The minimum Gasteiger partial charge on any atom is -0.455 e. The molecule has 1 aliphatic rings. The van der Waals surface area contributed by atoms with Gasteiger partial charge in [0.25, 0.3) is 5.91 Å². The maximum Gasteiger partial charge on any atom is 0.256 e. The number of anilines is 1. The van der Waals surface area contributed by atoms with E-state index >= 15 is 0 Å². The number of sulfonamides is 1. The normalized spacial score (nSPS) is 14.7. The Bertz CT molecular complexity index is 1210. The Morgan fingerprint density at radius 3 is 2.38 bits per heavy atom. The molecule has 166 valence electrons. The van der Waals surface area contributed by atoms with Crippen molar-refractivity contribution in [1.82, 2.24) is 4.31 Å². The SMILES string of the molecule is Cc1ccccc1C(=O)Nc1cc(S(=O)(=O)N2CCOCC2)ccc1Oc1ccccc1. The van der Waals surface area contributed by atoms with Crippen LogP contribution < -0.4 is 10.1 Å². The van der Waals surface area contributed by atoms with E-state index in [9.17, 15) is 13.2 Å². The number of hydrogen-bond acceptors (Lipinski definition) is 5. The van der Waals surface area contributed by atoms with Crippen LogP contribution in [0.25, 0.3) is 0 Å². The second-order valence-electron chi connectivity index (χ2n) is 7.36. The summed E-state index contributed by atoms with van der Waals surface area (Å²) in [6.45, 7) is 3.12. The van der Waals surface area contributed by atoms with Gasteiger partial charge in [0.2, 0.25) is 10.0 Å². The Labute approximate surface area is 187 Å². The zero-order valence-corrected chi connectivity index (χ0v) is 18.5. The fourth-order valence-electron chi connectivity index (χ4n) is 3.43. The van der Waals surface area contributed by atoms with E-state index in [0.29, 0.717) is 30.3 Å². The molecule has 8 heteroatoms. The number of carbonyl (C=O) groups is 1. The fraction of sp³-hybridized carbons (Fsp3) is 0.208. The van der Waals surface area contributed by atoms with Gasteiger partial charge in [0.05, 0.1) is 23.8 Å². The van der Waals surface area contributed by atoms with Crippen molar-refractivity contribution in [3.8, 4) is 11.5 Å². The number of aryl methyl sites for hydroxylation is 1. The van der Waals surface area contributed by atoms with Crippen molar-refractivity contribution >= 4 is 21.6 Å². The minimum absolute atomic E-state index is 0.0832. The summed E-state index contributed by atoms with van der Waals surface area (Å²) in [5, 5.41) is 2.83. The summed E-state index contributed by atoms with van der Waals surface area (Å²) in [6, 6.07) is 20.8. The quantitative estimate of drug-likeness (QED) is 0.610. The van der Waals surface area contributed by atoms with Crippen molar-refractivity contribution in [2.45, 2.75) is 11.8 Å². The smallest absolute Gasteiger partial charge is 0.256 e. The van der Waals surface area contributed by atoms with Gasteiger partial charge in [-0.1, -0.05) is 36.4 Å². The molecule has 0 unspecified atom stereocenters. The minimum atomic E-state index is -3.74. The van der Waals surface area contributed by atoms with E-state index in [1.54, 1.807) is 30.3 Å². The number of hydrogen-bond donors (Lipinski definition) is 1. The van der Waals surface area contributed by atoms with Crippen molar-refractivity contribution < 1.29 is 22.7 Å². The molecule has 3 aromatic rings. The number of carbonyl (C=O) groups excluding carboxylic acids is 1. The van der Waals surface area contributed by atoms with E-state index in [1.165, 1.54) is 16.4 Å². The molecular formula is C24H24N2O5S. The summed E-state index contributed by atoms with van der Waals surface area (Å²) in [4.78, 5) is 13.0. The summed E-state index contributed by atoms with van der Waals surface area (Å²) < 4.78 is 38.9. The monoisotopic (exact) mass is 452 g/mol. The Balaban J connectivity index is 1.70. The van der Waals surface area contributed by atoms with Gasteiger partial charge >= 0.3 is 0 Å². The number of ether oxygens (including phenoxy) is 2. The standard InChI is InChI=1S/C24H24N2O5S/c1-18-7-5-6-10-21(18)24(27)25-22-17-20(32(28,29)26-13-15-30-16-14-26)11-12-23(22)31-19-8-3-2-4-9-19/h2-12,17H,13-16H2,1H3,(H,25,27). The third-order valence-corrected chi connectivity index (χ3v) is 7.06. The highest BCUT2D eigenvalue weighted by atomic mass is 32.2. The van der Waals surface area contributed by atoms with Crippen LogP contribution in [-0.4, -0.2) is 44.9 Å². The van der Waals surface area contributed by atoms with Crippen LogP contribution in [0, 0.1) is 6.92 Å². The van der Waals surface area contributed by atoms with Crippen molar-refractivity contribution in [3.05, 3.63) is 83.9 Å². The number of amides is 1. The highest BCUT2D eigenvalue weighted by Gasteiger charge is 2.27. The van der Waals surface area contributed by atoms with E-state index < -0.39 is 10.0 Å². The molecule has 1 heterocycles. The number of nitrogens with zero attached hydrogens (tertiary/aromatic N) is 1. The number of para-hydroxylation sites is 1. The van der Waals surface area contributed by atoms with Gasteiger partial charge in [-0.25, -0.2) is 8.42 Å². The van der Waals surface area contributed by atoms with Gasteiger partial charge in [-0.15, -0.1) is 0 Å². The maximum atomic E-state index is 13.1. The lowest BCUT2D eigenvalue weighted by Gasteiger charge is -2.26. The molecule has 0 bridgehead atoms. The van der Waals surface area contributed by atoms with Gasteiger partial charge in [0.1, 0.15) is 5.75 Å². The molecule has 32 heavy (non-hydrogen) atoms. The number of benzene rings is 3. The summed E-state index contributed by atoms with van der Waals surface area (Å²) >= 11 is 0. The van der Waals surface area contributed by atoms with E-state index in [2.05, 4.69) is 5.32 Å². The van der Waals surface area contributed by atoms with E-state index in [-0.39, 0.29) is 29.6 Å². The van der Waals surface area contributed by atoms with Gasteiger partial charge in [-0.05, 0) is 48.9 Å². The lowest BCUT2D eigenvalue weighted by Crippen LogP contribution is -2.40. The first kappa shape index (κ1) is 22.0. The van der Waals surface area contributed by atoms with E-state index in [0.717, 1.165) is 5.56 Å². The molecule has 0 saturated carbocycles. The van der Waals surface area contributed by atoms with Crippen LogP contribution in [0.2, 0.25) is 0 Å². The third kappa shape index (κ3) is 4.83. The van der Waals surface area contributed by atoms with Gasteiger partial charge in [0.15, 0.2) is 5.75 Å². The molecule has 0 atom stereocenters. The van der Waals surface area contributed by atoms with Crippen LogP contribution in [0.5, 0.6) is 11.5 Å². The lowest BCUT2D eigenvalue weighted by atomic mass is 10.1. The van der Waals surface area contributed by atoms with Gasteiger partial charge in [-0.2, -0.15) is 4.31 Å². The van der Waals surface area contributed by atoms with Gasteiger partial charge < -0.3 is 14.8 Å². The number of nitrogens with one attached hydrogen (secondary N) is 1. The molecule has 0 aliphatic carbocycles. The topological polar surface area (TPSA) is 84.9 Å². The highest BCUT2D eigenvalue weighted by molar-refractivity contribution is 7.89. The molecular weight excluding hydrogens is 428 g/mol. The Kier molecular flexibility index (Phi) is 6.55. The van der Waals surface area contributed by atoms with E-state index in [4.69, 9.17) is 9.47 Å². The molecule has 1 saturated heterocycles. The average Bonchev–Trinajstić information content (AvgIpc) is 2.81. The Morgan fingerprint density at radius 1 is 0.969 bits per heavy atom. The zero-order chi connectivity index (χ0) is 22.6. The van der Waals surface area contributed by atoms with Crippen LogP contribution >= 0.6 is 0 Å². The third-order valence-electron chi connectivity index (χ3n) is 5.17. The molecule has 0 radical (unpaired) electrons. The first-order chi connectivity index (χ1) is 15.4. The van der Waals surface area contributed by atoms with Crippen LogP contribution in [0.4, 0.5) is 5.69 Å². The molecule has 1 fully saturated rings. The van der Waals surface area contributed by atoms with E-state index in [1.807, 2.05) is 37.3 Å². The van der Waals surface area contributed by atoms with Crippen LogP contribution in [0.1, 0.15) is 15.9 Å². The molecule has 1 N–H and O–H groups in total. The van der Waals surface area contributed by atoms with Crippen molar-refractivity contribution in [2.24, 2.45) is 0 Å².